The molecule has 34 heavy (non-hydrogen) atoms. The van der Waals surface area contributed by atoms with Gasteiger partial charge in [-0.1, -0.05) is 17.7 Å². The zero-order valence-electron chi connectivity index (χ0n) is 19.6. The lowest BCUT2D eigenvalue weighted by Crippen LogP contribution is -2.36. The smallest absolute Gasteiger partial charge is 0.258 e. The molecule has 176 valence electrons. The minimum atomic E-state index is -0.195. The van der Waals surface area contributed by atoms with E-state index >= 15 is 0 Å². The van der Waals surface area contributed by atoms with Crippen LogP contribution in [0.25, 0.3) is 16.7 Å². The summed E-state index contributed by atoms with van der Waals surface area (Å²) in [5.41, 5.74) is 4.31. The normalized spacial score (nSPS) is 15.2. The molecule has 9 heteroatoms. The standard InChI is InChI=1S/C25H28ClN7O/c1-15-14-33(31-16(15)2)24-5-4-17(13-27-24)10-23-29-21-12-22(20(26)11-19(21)25(34)30-23)28-18-6-8-32(3)9-7-18/h4-5,11-14,18,28H,6-10H2,1-3H3,(H,29,30,34). The maximum atomic E-state index is 12.7. The van der Waals surface area contributed by atoms with E-state index < -0.39 is 0 Å². The number of pyridine rings is 1. The van der Waals surface area contributed by atoms with E-state index in [2.05, 4.69) is 32.3 Å². The minimum Gasteiger partial charge on any atom is -0.381 e. The van der Waals surface area contributed by atoms with Gasteiger partial charge in [-0.15, -0.1) is 0 Å². The van der Waals surface area contributed by atoms with Gasteiger partial charge in [-0.05, 0) is 76.2 Å². The van der Waals surface area contributed by atoms with Crippen LogP contribution in [0, 0.1) is 13.8 Å². The van der Waals surface area contributed by atoms with Crippen molar-refractivity contribution in [3.8, 4) is 5.82 Å². The van der Waals surface area contributed by atoms with Crippen LogP contribution in [0.4, 0.5) is 5.69 Å². The molecular formula is C25H28ClN7O. The molecule has 5 rings (SSSR count). The van der Waals surface area contributed by atoms with Gasteiger partial charge in [0.15, 0.2) is 5.82 Å². The Morgan fingerprint density at radius 2 is 2.00 bits per heavy atom. The Labute approximate surface area is 203 Å². The second kappa shape index (κ2) is 9.19. The van der Waals surface area contributed by atoms with Crippen LogP contribution in [-0.2, 0) is 6.42 Å². The Balaban J connectivity index is 1.38. The van der Waals surface area contributed by atoms with Crippen LogP contribution in [-0.4, -0.2) is 55.8 Å². The zero-order chi connectivity index (χ0) is 23.8. The van der Waals surface area contributed by atoms with Gasteiger partial charge < -0.3 is 15.2 Å². The summed E-state index contributed by atoms with van der Waals surface area (Å²) < 4.78 is 1.77. The number of nitrogens with one attached hydrogen (secondary N) is 2. The van der Waals surface area contributed by atoms with E-state index in [1.807, 2.05) is 38.2 Å². The topological polar surface area (TPSA) is 91.7 Å². The fourth-order valence-corrected chi connectivity index (χ4v) is 4.51. The van der Waals surface area contributed by atoms with Crippen LogP contribution < -0.4 is 10.9 Å². The fourth-order valence-electron chi connectivity index (χ4n) is 4.29. The predicted octanol–water partition coefficient (Wildman–Crippen LogP) is 3.87. The number of aryl methyl sites for hydroxylation is 2. The Bertz CT molecular complexity index is 1370. The summed E-state index contributed by atoms with van der Waals surface area (Å²) in [5, 5.41) is 9.05. The number of likely N-dealkylation sites (tertiary alicyclic amines) is 1. The van der Waals surface area contributed by atoms with Crippen LogP contribution in [0.15, 0.2) is 41.5 Å². The molecule has 0 radical (unpaired) electrons. The number of benzene rings is 1. The first kappa shape index (κ1) is 22.6. The van der Waals surface area contributed by atoms with E-state index in [0.29, 0.717) is 34.2 Å². The van der Waals surface area contributed by atoms with E-state index in [1.54, 1.807) is 16.9 Å². The third-order valence-corrected chi connectivity index (χ3v) is 6.79. The van der Waals surface area contributed by atoms with Crippen LogP contribution in [0.1, 0.15) is 35.5 Å². The van der Waals surface area contributed by atoms with Crippen molar-refractivity contribution in [2.75, 3.05) is 25.5 Å². The van der Waals surface area contributed by atoms with Gasteiger partial charge in [0.05, 0.1) is 27.3 Å². The molecule has 4 aromatic rings. The molecule has 4 heterocycles. The number of H-pyrrole nitrogens is 1. The number of rotatable bonds is 5. The van der Waals surface area contributed by atoms with Gasteiger partial charge in [-0.3, -0.25) is 4.79 Å². The van der Waals surface area contributed by atoms with Crippen LogP contribution >= 0.6 is 11.6 Å². The Hall–Kier alpha value is -3.23. The molecular weight excluding hydrogens is 450 g/mol. The van der Waals surface area contributed by atoms with E-state index in [9.17, 15) is 4.79 Å². The SMILES string of the molecule is Cc1cn(-c2ccc(Cc3nc4cc(NC5CCN(C)CC5)c(Cl)cc4c(=O)[nH]3)cn2)nc1C. The van der Waals surface area contributed by atoms with Gasteiger partial charge in [0, 0.05) is 24.9 Å². The molecule has 0 saturated carbocycles. The van der Waals surface area contributed by atoms with Gasteiger partial charge in [-0.25, -0.2) is 14.6 Å². The first-order valence-corrected chi connectivity index (χ1v) is 11.9. The second-order valence-electron chi connectivity index (χ2n) is 9.13. The number of fused-ring (bicyclic) bond motifs is 1. The highest BCUT2D eigenvalue weighted by Crippen LogP contribution is 2.28. The monoisotopic (exact) mass is 477 g/mol. The summed E-state index contributed by atoms with van der Waals surface area (Å²) in [6.45, 7) is 6.11. The number of aromatic amines is 1. The highest BCUT2D eigenvalue weighted by Gasteiger charge is 2.18. The third kappa shape index (κ3) is 4.69. The van der Waals surface area contributed by atoms with Gasteiger partial charge in [0.2, 0.25) is 0 Å². The van der Waals surface area contributed by atoms with Gasteiger partial charge in [-0.2, -0.15) is 5.10 Å². The van der Waals surface area contributed by atoms with Crippen LogP contribution in [0.5, 0.6) is 0 Å². The molecule has 1 aliphatic heterocycles. The Kier molecular flexibility index (Phi) is 6.10. The Morgan fingerprint density at radius 1 is 1.21 bits per heavy atom. The average molecular weight is 478 g/mol. The van der Waals surface area contributed by atoms with E-state index in [4.69, 9.17) is 16.6 Å². The van der Waals surface area contributed by atoms with Crippen molar-refractivity contribution in [3.05, 3.63) is 74.7 Å². The molecule has 1 saturated heterocycles. The number of nitrogens with zero attached hydrogens (tertiary/aromatic N) is 5. The number of halogens is 1. The number of piperidine rings is 1. The summed E-state index contributed by atoms with van der Waals surface area (Å²) in [5.74, 6) is 1.34. The summed E-state index contributed by atoms with van der Waals surface area (Å²) >= 11 is 6.50. The highest BCUT2D eigenvalue weighted by molar-refractivity contribution is 6.34. The zero-order valence-corrected chi connectivity index (χ0v) is 20.4. The maximum Gasteiger partial charge on any atom is 0.258 e. The molecule has 1 aromatic carbocycles. The number of anilines is 1. The molecule has 0 aliphatic carbocycles. The van der Waals surface area contributed by atoms with E-state index in [0.717, 1.165) is 54.3 Å². The lowest BCUT2D eigenvalue weighted by molar-refractivity contribution is 0.264. The highest BCUT2D eigenvalue weighted by atomic mass is 35.5. The molecule has 1 aliphatic rings. The average Bonchev–Trinajstić information content (AvgIpc) is 3.15. The largest absolute Gasteiger partial charge is 0.381 e. The first-order valence-electron chi connectivity index (χ1n) is 11.5. The first-order chi connectivity index (χ1) is 16.4. The quantitative estimate of drug-likeness (QED) is 0.453. The van der Waals surface area contributed by atoms with Gasteiger partial charge in [0.1, 0.15) is 5.82 Å². The van der Waals surface area contributed by atoms with Crippen molar-refractivity contribution in [2.24, 2.45) is 0 Å². The molecule has 3 aromatic heterocycles. The van der Waals surface area contributed by atoms with Crippen molar-refractivity contribution >= 4 is 28.2 Å². The lowest BCUT2D eigenvalue weighted by atomic mass is 10.0. The van der Waals surface area contributed by atoms with Crippen molar-refractivity contribution in [3.63, 3.8) is 0 Å². The lowest BCUT2D eigenvalue weighted by Gasteiger charge is -2.30. The molecule has 0 spiro atoms. The number of hydrogen-bond acceptors (Lipinski definition) is 6. The van der Waals surface area contributed by atoms with Crippen molar-refractivity contribution in [2.45, 2.75) is 39.2 Å². The molecule has 0 unspecified atom stereocenters. The summed E-state index contributed by atoms with van der Waals surface area (Å²) in [7, 11) is 2.14. The van der Waals surface area contributed by atoms with Crippen LogP contribution in [0.2, 0.25) is 5.02 Å². The maximum absolute atomic E-state index is 12.7. The number of aromatic nitrogens is 5. The van der Waals surface area contributed by atoms with E-state index in [-0.39, 0.29) is 5.56 Å². The van der Waals surface area contributed by atoms with Crippen molar-refractivity contribution < 1.29 is 0 Å². The fraction of sp³-hybridized carbons (Fsp3) is 0.360. The third-order valence-electron chi connectivity index (χ3n) is 6.48. The molecule has 8 nitrogen and oxygen atoms in total. The Morgan fingerprint density at radius 3 is 2.68 bits per heavy atom. The van der Waals surface area contributed by atoms with Crippen LogP contribution in [0.3, 0.4) is 0 Å². The molecule has 0 atom stereocenters. The van der Waals surface area contributed by atoms with E-state index in [1.165, 1.54) is 0 Å². The van der Waals surface area contributed by atoms with Crippen molar-refractivity contribution in [1.82, 2.24) is 29.6 Å². The number of hydrogen-bond donors (Lipinski definition) is 2. The summed E-state index contributed by atoms with van der Waals surface area (Å²) in [6, 6.07) is 7.85. The molecule has 2 N–H and O–H groups in total. The molecule has 0 amide bonds. The minimum absolute atomic E-state index is 0.195. The van der Waals surface area contributed by atoms with Gasteiger partial charge in [0.25, 0.3) is 5.56 Å². The molecule has 0 bridgehead atoms. The van der Waals surface area contributed by atoms with Crippen molar-refractivity contribution in [1.29, 1.82) is 0 Å². The second-order valence-corrected chi connectivity index (χ2v) is 9.53. The summed E-state index contributed by atoms with van der Waals surface area (Å²) in [6.07, 6.45) is 6.33. The van der Waals surface area contributed by atoms with Gasteiger partial charge >= 0.3 is 0 Å². The summed E-state index contributed by atoms with van der Waals surface area (Å²) in [4.78, 5) is 27.2. The molecule has 1 fully saturated rings. The predicted molar refractivity (Wildman–Crippen MR) is 135 cm³/mol.